The van der Waals surface area contributed by atoms with Gasteiger partial charge in [-0.2, -0.15) is 0 Å². The zero-order chi connectivity index (χ0) is 23.6. The molecule has 4 heteroatoms. The molecule has 4 aliphatic carbocycles. The second-order valence-corrected chi connectivity index (χ2v) is 12.4. The summed E-state index contributed by atoms with van der Waals surface area (Å²) >= 11 is 1.71. The van der Waals surface area contributed by atoms with Gasteiger partial charge in [-0.25, -0.2) is 4.98 Å². The van der Waals surface area contributed by atoms with Crippen molar-refractivity contribution in [3.63, 3.8) is 0 Å². The summed E-state index contributed by atoms with van der Waals surface area (Å²) in [5, 5.41) is 4.34. The van der Waals surface area contributed by atoms with Gasteiger partial charge in [0.2, 0.25) is 5.91 Å². The molecule has 4 saturated carbocycles. The van der Waals surface area contributed by atoms with Crippen molar-refractivity contribution in [2.24, 2.45) is 17.3 Å². The Morgan fingerprint density at radius 2 is 1.63 bits per heavy atom. The van der Waals surface area contributed by atoms with E-state index in [9.17, 15) is 4.79 Å². The van der Waals surface area contributed by atoms with Crippen molar-refractivity contribution in [1.82, 2.24) is 4.98 Å². The van der Waals surface area contributed by atoms with Gasteiger partial charge in [0.15, 0.2) is 0 Å². The number of aryl methyl sites for hydroxylation is 1. The fraction of sp³-hybridized carbons (Fsp3) is 0.355. The first kappa shape index (κ1) is 21.3. The van der Waals surface area contributed by atoms with Crippen molar-refractivity contribution in [2.45, 2.75) is 50.9 Å². The number of fused-ring (bicyclic) bond motifs is 1. The Labute approximate surface area is 210 Å². The number of carbonyl (C=O) groups is 1. The summed E-state index contributed by atoms with van der Waals surface area (Å²) in [6.45, 7) is 2.15. The fourth-order valence-corrected chi connectivity index (χ4v) is 8.70. The standard InChI is InChI=1S/C31H30N2OS/c1-20-6-10-24(11-7-20)30-15-21-14-22(16-30)18-31(17-21,19-30)29(34)32-25-12-8-23(9-13-25)28-33-26-4-2-3-5-27(26)35-28/h2-13,21-22H,14-19H2,1H3,(H,32,34). The Balaban J connectivity index is 1.14. The lowest BCUT2D eigenvalue weighted by molar-refractivity contribution is -0.143. The largest absolute Gasteiger partial charge is 0.326 e. The first-order valence-corrected chi connectivity index (χ1v) is 13.7. The number of rotatable bonds is 4. The molecule has 0 aliphatic heterocycles. The predicted molar refractivity (Wildman–Crippen MR) is 144 cm³/mol. The van der Waals surface area contributed by atoms with Crippen LogP contribution in [0.5, 0.6) is 0 Å². The van der Waals surface area contributed by atoms with Gasteiger partial charge in [0.25, 0.3) is 0 Å². The number of benzene rings is 3. The van der Waals surface area contributed by atoms with Crippen LogP contribution in [-0.2, 0) is 10.2 Å². The molecule has 0 saturated heterocycles. The van der Waals surface area contributed by atoms with Crippen LogP contribution in [0.25, 0.3) is 20.8 Å². The first-order chi connectivity index (χ1) is 17.0. The first-order valence-electron chi connectivity index (χ1n) is 12.9. The van der Waals surface area contributed by atoms with Gasteiger partial charge in [-0.3, -0.25) is 4.79 Å². The third-order valence-electron chi connectivity index (χ3n) is 8.89. The number of thiazole rings is 1. The van der Waals surface area contributed by atoms with Crippen LogP contribution >= 0.6 is 11.3 Å². The van der Waals surface area contributed by atoms with Crippen molar-refractivity contribution in [3.8, 4) is 10.6 Å². The summed E-state index contributed by atoms with van der Waals surface area (Å²) in [6.07, 6.45) is 6.89. The zero-order valence-corrected chi connectivity index (χ0v) is 20.9. The number of nitrogens with one attached hydrogen (secondary N) is 1. The summed E-state index contributed by atoms with van der Waals surface area (Å²) in [5.74, 6) is 1.57. The van der Waals surface area contributed by atoms with Crippen LogP contribution in [-0.4, -0.2) is 10.9 Å². The molecule has 2 atom stereocenters. The Morgan fingerprint density at radius 3 is 2.34 bits per heavy atom. The van der Waals surface area contributed by atoms with E-state index in [-0.39, 0.29) is 16.7 Å². The van der Waals surface area contributed by atoms with Gasteiger partial charge in [0.1, 0.15) is 5.01 Å². The average molecular weight is 479 g/mol. The van der Waals surface area contributed by atoms with Crippen molar-refractivity contribution < 1.29 is 4.79 Å². The summed E-state index contributed by atoms with van der Waals surface area (Å²) in [4.78, 5) is 18.6. The highest BCUT2D eigenvalue weighted by atomic mass is 32.1. The lowest BCUT2D eigenvalue weighted by Crippen LogP contribution is -2.57. The number of hydrogen-bond donors (Lipinski definition) is 1. The molecule has 3 nitrogen and oxygen atoms in total. The predicted octanol–water partition coefficient (Wildman–Crippen LogP) is 7.75. The number of para-hydroxylation sites is 1. The molecule has 1 N–H and O–H groups in total. The number of carbonyl (C=O) groups excluding carboxylic acids is 1. The average Bonchev–Trinajstić information content (AvgIpc) is 3.28. The number of anilines is 1. The van der Waals surface area contributed by atoms with E-state index in [2.05, 4.69) is 66.8 Å². The van der Waals surface area contributed by atoms with Crippen LogP contribution in [0.1, 0.15) is 49.7 Å². The van der Waals surface area contributed by atoms with Gasteiger partial charge >= 0.3 is 0 Å². The molecule has 0 spiro atoms. The van der Waals surface area contributed by atoms with Gasteiger partial charge in [-0.15, -0.1) is 11.3 Å². The minimum absolute atomic E-state index is 0.172. The molecule has 4 aliphatic rings. The van der Waals surface area contributed by atoms with Gasteiger partial charge in [-0.1, -0.05) is 42.0 Å². The molecular formula is C31H30N2OS. The van der Waals surface area contributed by atoms with Crippen LogP contribution in [0.3, 0.4) is 0 Å². The van der Waals surface area contributed by atoms with Crippen molar-refractivity contribution in [1.29, 1.82) is 0 Å². The minimum Gasteiger partial charge on any atom is -0.326 e. The molecule has 1 aromatic heterocycles. The van der Waals surface area contributed by atoms with Crippen LogP contribution in [0.15, 0.2) is 72.8 Å². The zero-order valence-electron chi connectivity index (χ0n) is 20.1. The molecule has 1 heterocycles. The Kier molecular flexibility index (Phi) is 4.73. The maximum atomic E-state index is 13.8. The van der Waals surface area contributed by atoms with E-state index >= 15 is 0 Å². The minimum atomic E-state index is -0.235. The van der Waals surface area contributed by atoms with E-state index in [0.29, 0.717) is 11.8 Å². The molecule has 3 aromatic carbocycles. The van der Waals surface area contributed by atoms with Gasteiger partial charge in [0.05, 0.1) is 15.6 Å². The topological polar surface area (TPSA) is 42.0 Å². The van der Waals surface area contributed by atoms with E-state index in [1.165, 1.54) is 35.1 Å². The maximum absolute atomic E-state index is 13.8. The van der Waals surface area contributed by atoms with Crippen LogP contribution < -0.4 is 5.32 Å². The second-order valence-electron chi connectivity index (χ2n) is 11.4. The molecule has 4 fully saturated rings. The SMILES string of the molecule is Cc1ccc(C23CC4CC(CC(C(=O)Nc5ccc(-c6nc7ccccc7s6)cc5)(C4)C2)C3)cc1. The van der Waals surface area contributed by atoms with E-state index in [4.69, 9.17) is 4.98 Å². The maximum Gasteiger partial charge on any atom is 0.230 e. The molecule has 35 heavy (non-hydrogen) atoms. The van der Waals surface area contributed by atoms with E-state index < -0.39 is 0 Å². The Morgan fingerprint density at radius 1 is 0.914 bits per heavy atom. The third-order valence-corrected chi connectivity index (χ3v) is 9.98. The smallest absolute Gasteiger partial charge is 0.230 e. The Bertz CT molecular complexity index is 1370. The van der Waals surface area contributed by atoms with Crippen molar-refractivity contribution >= 4 is 33.1 Å². The van der Waals surface area contributed by atoms with Crippen LogP contribution in [0, 0.1) is 24.2 Å². The molecule has 176 valence electrons. The number of aromatic nitrogens is 1. The van der Waals surface area contributed by atoms with Gasteiger partial charge < -0.3 is 5.32 Å². The van der Waals surface area contributed by atoms with Gasteiger partial charge in [0, 0.05) is 11.3 Å². The monoisotopic (exact) mass is 478 g/mol. The number of hydrogen-bond acceptors (Lipinski definition) is 3. The summed E-state index contributed by atoms with van der Waals surface area (Å²) in [5.41, 5.74) is 5.72. The summed E-state index contributed by atoms with van der Waals surface area (Å²) in [7, 11) is 0. The summed E-state index contributed by atoms with van der Waals surface area (Å²) in [6, 6.07) is 25.6. The highest BCUT2D eigenvalue weighted by Crippen LogP contribution is 2.66. The molecule has 0 radical (unpaired) electrons. The van der Waals surface area contributed by atoms with Crippen molar-refractivity contribution in [3.05, 3.63) is 83.9 Å². The van der Waals surface area contributed by atoms with Crippen molar-refractivity contribution in [2.75, 3.05) is 5.32 Å². The summed E-state index contributed by atoms with van der Waals surface area (Å²) < 4.78 is 1.20. The molecule has 2 unspecified atom stereocenters. The van der Waals surface area contributed by atoms with Gasteiger partial charge in [-0.05, 0) is 105 Å². The lowest BCUT2D eigenvalue weighted by Gasteiger charge is -2.61. The quantitative estimate of drug-likeness (QED) is 0.326. The fourth-order valence-electron chi connectivity index (χ4n) is 7.73. The third kappa shape index (κ3) is 3.53. The Hall–Kier alpha value is -2.98. The highest BCUT2D eigenvalue weighted by Gasteiger charge is 2.60. The highest BCUT2D eigenvalue weighted by molar-refractivity contribution is 7.21. The second kappa shape index (κ2) is 7.76. The molecule has 4 aromatic rings. The molecule has 8 rings (SSSR count). The molecule has 4 bridgehead atoms. The van der Waals surface area contributed by atoms with E-state index in [0.717, 1.165) is 41.0 Å². The normalized spacial score (nSPS) is 28.9. The van der Waals surface area contributed by atoms with Crippen LogP contribution in [0.2, 0.25) is 0 Å². The van der Waals surface area contributed by atoms with Crippen LogP contribution in [0.4, 0.5) is 5.69 Å². The molecular weight excluding hydrogens is 448 g/mol. The molecule has 1 amide bonds. The van der Waals surface area contributed by atoms with E-state index in [1.807, 2.05) is 18.2 Å². The number of amides is 1. The number of nitrogens with zero attached hydrogens (tertiary/aromatic N) is 1. The van der Waals surface area contributed by atoms with E-state index in [1.54, 1.807) is 11.3 Å². The lowest BCUT2D eigenvalue weighted by atomic mass is 9.42.